The summed E-state index contributed by atoms with van der Waals surface area (Å²) in [4.78, 5) is 11.3. The second-order valence-electron chi connectivity index (χ2n) is 3.05. The van der Waals surface area contributed by atoms with Crippen LogP contribution in [0, 0.1) is 17.5 Å². The highest BCUT2D eigenvalue weighted by molar-refractivity contribution is 5.61. The Morgan fingerprint density at radius 1 is 1.12 bits per heavy atom. The lowest BCUT2D eigenvalue weighted by Crippen LogP contribution is -2.10. The van der Waals surface area contributed by atoms with Gasteiger partial charge in [-0.1, -0.05) is 0 Å². The Morgan fingerprint density at radius 2 is 1.75 bits per heavy atom. The minimum Gasteiger partial charge on any atom is -0.267 e. The lowest BCUT2D eigenvalue weighted by molar-refractivity contribution is 0.447. The Balaban J connectivity index is 2.67. The molecule has 82 valence electrons. The van der Waals surface area contributed by atoms with Crippen molar-refractivity contribution < 1.29 is 13.2 Å². The van der Waals surface area contributed by atoms with Crippen LogP contribution in [0.2, 0.25) is 0 Å². The minimum absolute atomic E-state index is 0.0211. The maximum absolute atomic E-state index is 12.9. The zero-order valence-electron chi connectivity index (χ0n) is 7.80. The highest BCUT2D eigenvalue weighted by atomic mass is 19.2. The molecule has 0 aliphatic carbocycles. The van der Waals surface area contributed by atoms with E-state index in [1.54, 1.807) is 0 Å². The summed E-state index contributed by atoms with van der Waals surface area (Å²) in [5.41, 5.74) is -0.624. The summed E-state index contributed by atoms with van der Waals surface area (Å²) in [5.74, 6) is -4.24. The average molecular weight is 226 g/mol. The van der Waals surface area contributed by atoms with Gasteiger partial charge in [0.25, 0.3) is 5.56 Å². The molecular weight excluding hydrogens is 221 g/mol. The molecular formula is C10H5F3N2O. The molecule has 16 heavy (non-hydrogen) atoms. The Labute approximate surface area is 87.6 Å². The van der Waals surface area contributed by atoms with E-state index >= 15 is 0 Å². The van der Waals surface area contributed by atoms with Gasteiger partial charge in [0.1, 0.15) is 0 Å². The maximum atomic E-state index is 12.9. The van der Waals surface area contributed by atoms with Crippen LogP contribution in [0.25, 0.3) is 11.1 Å². The Morgan fingerprint density at radius 3 is 2.31 bits per heavy atom. The van der Waals surface area contributed by atoms with Crippen molar-refractivity contribution in [3.63, 3.8) is 0 Å². The van der Waals surface area contributed by atoms with Gasteiger partial charge in [0.15, 0.2) is 17.5 Å². The van der Waals surface area contributed by atoms with Crippen molar-refractivity contribution in [3.8, 4) is 11.1 Å². The normalized spacial score (nSPS) is 10.4. The van der Waals surface area contributed by atoms with E-state index in [2.05, 4.69) is 10.2 Å². The fourth-order valence-corrected chi connectivity index (χ4v) is 1.28. The molecule has 0 saturated heterocycles. The van der Waals surface area contributed by atoms with Gasteiger partial charge in [0, 0.05) is 6.20 Å². The number of rotatable bonds is 1. The van der Waals surface area contributed by atoms with Crippen molar-refractivity contribution in [2.45, 2.75) is 0 Å². The lowest BCUT2D eigenvalue weighted by Gasteiger charge is -2.01. The first kappa shape index (κ1) is 10.4. The summed E-state index contributed by atoms with van der Waals surface area (Å²) < 4.78 is 38.5. The van der Waals surface area contributed by atoms with Crippen LogP contribution < -0.4 is 5.56 Å². The average Bonchev–Trinajstić information content (AvgIpc) is 2.26. The van der Waals surface area contributed by atoms with Gasteiger partial charge in [-0.25, -0.2) is 18.3 Å². The SMILES string of the molecule is O=c1[nH]nccc1-c1cc(F)c(F)c(F)c1. The molecule has 0 aliphatic rings. The molecule has 3 nitrogen and oxygen atoms in total. The van der Waals surface area contributed by atoms with Crippen molar-refractivity contribution in [2.75, 3.05) is 0 Å². The molecule has 1 heterocycles. The largest absolute Gasteiger partial charge is 0.272 e. The third-order valence-corrected chi connectivity index (χ3v) is 2.02. The molecule has 0 spiro atoms. The molecule has 1 aromatic heterocycles. The van der Waals surface area contributed by atoms with Crippen LogP contribution >= 0.6 is 0 Å². The van der Waals surface area contributed by atoms with Crippen molar-refractivity contribution in [1.82, 2.24) is 10.2 Å². The third-order valence-electron chi connectivity index (χ3n) is 2.02. The standard InChI is InChI=1S/C10H5F3N2O/c11-7-3-5(4-8(12)9(7)13)6-1-2-14-15-10(6)16/h1-4H,(H,15,16). The molecule has 1 N–H and O–H groups in total. The van der Waals surface area contributed by atoms with Gasteiger partial charge in [-0.3, -0.25) is 4.79 Å². The fraction of sp³-hybridized carbons (Fsp3) is 0. The smallest absolute Gasteiger partial charge is 0.267 e. The second-order valence-corrected chi connectivity index (χ2v) is 3.05. The first-order valence-corrected chi connectivity index (χ1v) is 4.28. The van der Waals surface area contributed by atoms with Crippen molar-refractivity contribution in [2.24, 2.45) is 0 Å². The number of nitrogens with one attached hydrogen (secondary N) is 1. The number of aromatic amines is 1. The van der Waals surface area contributed by atoms with Crippen LogP contribution in [0.5, 0.6) is 0 Å². The van der Waals surface area contributed by atoms with E-state index in [0.717, 1.165) is 12.1 Å². The number of benzene rings is 1. The van der Waals surface area contributed by atoms with Crippen molar-refractivity contribution in [1.29, 1.82) is 0 Å². The van der Waals surface area contributed by atoms with E-state index in [9.17, 15) is 18.0 Å². The van der Waals surface area contributed by atoms with E-state index in [-0.39, 0.29) is 11.1 Å². The number of H-pyrrole nitrogens is 1. The highest BCUT2D eigenvalue weighted by Crippen LogP contribution is 2.20. The minimum atomic E-state index is -1.56. The van der Waals surface area contributed by atoms with Gasteiger partial charge in [0.05, 0.1) is 5.56 Å². The number of hydrogen-bond donors (Lipinski definition) is 1. The third kappa shape index (κ3) is 1.69. The summed E-state index contributed by atoms with van der Waals surface area (Å²) >= 11 is 0. The number of aromatic nitrogens is 2. The van der Waals surface area contributed by atoms with Crippen LogP contribution in [0.3, 0.4) is 0 Å². The molecule has 0 amide bonds. The van der Waals surface area contributed by atoms with Gasteiger partial charge in [-0.05, 0) is 23.8 Å². The van der Waals surface area contributed by atoms with Gasteiger partial charge >= 0.3 is 0 Å². The molecule has 0 fully saturated rings. The Kier molecular flexibility index (Phi) is 2.47. The van der Waals surface area contributed by atoms with Gasteiger partial charge in [-0.2, -0.15) is 5.10 Å². The summed E-state index contributed by atoms with van der Waals surface area (Å²) in [6.07, 6.45) is 1.26. The molecule has 2 rings (SSSR count). The topological polar surface area (TPSA) is 45.8 Å². The summed E-state index contributed by atoms with van der Waals surface area (Å²) in [6.45, 7) is 0. The van der Waals surface area contributed by atoms with E-state index in [0.29, 0.717) is 0 Å². The lowest BCUT2D eigenvalue weighted by atomic mass is 10.1. The molecule has 1 aromatic carbocycles. The Hall–Kier alpha value is -2.11. The maximum Gasteiger partial charge on any atom is 0.272 e. The summed E-state index contributed by atoms with van der Waals surface area (Å²) in [5, 5.41) is 5.54. The monoisotopic (exact) mass is 226 g/mol. The quantitative estimate of drug-likeness (QED) is 0.754. The molecule has 0 unspecified atom stereocenters. The first-order chi connectivity index (χ1) is 7.59. The van der Waals surface area contributed by atoms with Gasteiger partial charge in [-0.15, -0.1) is 0 Å². The Bertz CT molecular complexity index is 572. The number of hydrogen-bond acceptors (Lipinski definition) is 2. The zero-order valence-corrected chi connectivity index (χ0v) is 7.80. The van der Waals surface area contributed by atoms with Crippen LogP contribution in [-0.4, -0.2) is 10.2 Å². The van der Waals surface area contributed by atoms with E-state index in [1.807, 2.05) is 0 Å². The van der Waals surface area contributed by atoms with Gasteiger partial charge < -0.3 is 0 Å². The zero-order chi connectivity index (χ0) is 11.7. The second kappa shape index (κ2) is 3.80. The van der Waals surface area contributed by atoms with Crippen molar-refractivity contribution in [3.05, 3.63) is 52.2 Å². The molecule has 0 bridgehead atoms. The van der Waals surface area contributed by atoms with E-state index in [4.69, 9.17) is 0 Å². The molecule has 0 saturated carbocycles. The molecule has 6 heteroatoms. The van der Waals surface area contributed by atoms with E-state index < -0.39 is 23.0 Å². The number of nitrogens with zero attached hydrogens (tertiary/aromatic N) is 1. The summed E-state index contributed by atoms with van der Waals surface area (Å²) in [7, 11) is 0. The van der Waals surface area contributed by atoms with Crippen LogP contribution in [0.1, 0.15) is 0 Å². The predicted molar refractivity (Wildman–Crippen MR) is 50.2 cm³/mol. The van der Waals surface area contributed by atoms with Crippen LogP contribution in [0.4, 0.5) is 13.2 Å². The first-order valence-electron chi connectivity index (χ1n) is 4.28. The van der Waals surface area contributed by atoms with Crippen LogP contribution in [0.15, 0.2) is 29.2 Å². The molecule has 0 radical (unpaired) electrons. The molecule has 0 aliphatic heterocycles. The van der Waals surface area contributed by atoms with Crippen molar-refractivity contribution >= 4 is 0 Å². The van der Waals surface area contributed by atoms with Crippen LogP contribution in [-0.2, 0) is 0 Å². The molecule has 0 atom stereocenters. The predicted octanol–water partition coefficient (Wildman–Crippen LogP) is 1.85. The molecule has 2 aromatic rings. The van der Waals surface area contributed by atoms with E-state index in [1.165, 1.54) is 12.3 Å². The highest BCUT2D eigenvalue weighted by Gasteiger charge is 2.12. The number of halogens is 3. The summed E-state index contributed by atoms with van der Waals surface area (Å²) in [6, 6.07) is 2.79. The van der Waals surface area contributed by atoms with Gasteiger partial charge in [0.2, 0.25) is 0 Å². The fourth-order valence-electron chi connectivity index (χ4n) is 1.28.